The second-order valence-corrected chi connectivity index (χ2v) is 4.78. The zero-order valence-corrected chi connectivity index (χ0v) is 10.5. The van der Waals surface area contributed by atoms with Gasteiger partial charge in [0.05, 0.1) is 10.9 Å². The lowest BCUT2D eigenvalue weighted by atomic mass is 10.1. The number of carbonyl (C=O) groups excluding carboxylic acids is 2. The van der Waals surface area contributed by atoms with Gasteiger partial charge in [-0.25, -0.2) is 9.69 Å². The molecule has 0 saturated carbocycles. The van der Waals surface area contributed by atoms with Crippen molar-refractivity contribution in [2.24, 2.45) is 0 Å². The Hall–Kier alpha value is -0.620. The van der Waals surface area contributed by atoms with E-state index >= 15 is 0 Å². The van der Waals surface area contributed by atoms with E-state index in [4.69, 9.17) is 9.47 Å². The summed E-state index contributed by atoms with van der Waals surface area (Å²) in [5.74, 6) is -0.300. The molecule has 1 aliphatic heterocycles. The van der Waals surface area contributed by atoms with Gasteiger partial charge in [-0.05, 0) is 13.8 Å². The van der Waals surface area contributed by atoms with Gasteiger partial charge >= 0.3 is 6.09 Å². The number of ether oxygens (including phenoxy) is 2. The molecular weight excluding hydrogens is 266 g/mol. The molecule has 1 heterocycles. The van der Waals surface area contributed by atoms with Crippen molar-refractivity contribution in [2.75, 3.05) is 13.7 Å². The number of methoxy groups -OCH3 is 1. The minimum Gasteiger partial charge on any atom is -0.447 e. The predicted octanol–water partition coefficient (Wildman–Crippen LogP) is 1.15. The highest BCUT2D eigenvalue weighted by Crippen LogP contribution is 2.20. The van der Waals surface area contributed by atoms with Crippen molar-refractivity contribution in [3.63, 3.8) is 0 Å². The summed E-state index contributed by atoms with van der Waals surface area (Å²) in [6, 6.07) is -0.338. The largest absolute Gasteiger partial charge is 0.447 e. The first-order chi connectivity index (χ1) is 6.99. The monoisotopic (exact) mass is 279 g/mol. The fourth-order valence-electron chi connectivity index (χ4n) is 1.38. The van der Waals surface area contributed by atoms with Crippen LogP contribution in [0.25, 0.3) is 0 Å². The molecule has 1 aliphatic rings. The molecule has 3 atom stereocenters. The van der Waals surface area contributed by atoms with E-state index < -0.39 is 10.9 Å². The van der Waals surface area contributed by atoms with Crippen molar-refractivity contribution in [1.82, 2.24) is 4.90 Å². The molecule has 5 nitrogen and oxygen atoms in total. The third-order valence-electron chi connectivity index (χ3n) is 2.40. The van der Waals surface area contributed by atoms with Crippen LogP contribution in [0.15, 0.2) is 0 Å². The molecule has 0 aromatic carbocycles. The Bertz CT molecular complexity index is 269. The van der Waals surface area contributed by atoms with Crippen LogP contribution in [0.1, 0.15) is 13.8 Å². The molecule has 0 N–H and O–H groups in total. The Morgan fingerprint density at radius 2 is 2.27 bits per heavy atom. The van der Waals surface area contributed by atoms with Crippen molar-refractivity contribution < 1.29 is 19.1 Å². The van der Waals surface area contributed by atoms with Gasteiger partial charge in [0, 0.05) is 7.11 Å². The maximum atomic E-state index is 11.7. The second kappa shape index (κ2) is 4.94. The summed E-state index contributed by atoms with van der Waals surface area (Å²) in [5.41, 5.74) is 0. The van der Waals surface area contributed by atoms with Crippen molar-refractivity contribution in [1.29, 1.82) is 0 Å². The van der Waals surface area contributed by atoms with Crippen LogP contribution in [0.5, 0.6) is 0 Å². The van der Waals surface area contributed by atoms with Gasteiger partial charge in [-0.15, -0.1) is 0 Å². The third-order valence-corrected chi connectivity index (χ3v) is 2.79. The fraction of sp³-hybridized carbons (Fsp3) is 0.778. The number of hydrogen-bond acceptors (Lipinski definition) is 4. The lowest BCUT2D eigenvalue weighted by Crippen LogP contribution is -2.47. The van der Waals surface area contributed by atoms with E-state index in [9.17, 15) is 9.59 Å². The van der Waals surface area contributed by atoms with Crippen molar-refractivity contribution in [2.45, 2.75) is 30.8 Å². The van der Waals surface area contributed by atoms with Crippen LogP contribution in [0.3, 0.4) is 0 Å². The SMILES string of the molecule is COC(C)[C@@H]1COC(=O)N1C(=O)C(C)Br. The van der Waals surface area contributed by atoms with E-state index in [0.29, 0.717) is 0 Å². The molecule has 0 aliphatic carbocycles. The first kappa shape index (κ1) is 12.4. The number of hydrogen-bond donors (Lipinski definition) is 0. The minimum atomic E-state index is -0.597. The number of cyclic esters (lactones) is 1. The third kappa shape index (κ3) is 2.49. The molecule has 2 amide bonds. The van der Waals surface area contributed by atoms with Gasteiger partial charge in [-0.3, -0.25) is 4.79 Å². The van der Waals surface area contributed by atoms with Crippen LogP contribution in [-0.2, 0) is 14.3 Å². The Labute approximate surface area is 96.8 Å². The van der Waals surface area contributed by atoms with E-state index in [1.165, 1.54) is 7.11 Å². The highest BCUT2D eigenvalue weighted by Gasteiger charge is 2.42. The fourth-order valence-corrected chi connectivity index (χ4v) is 1.60. The standard InChI is InChI=1S/C9H14BrNO4/c1-5(10)8(12)11-7(6(2)14-3)4-15-9(11)13/h5-7H,4H2,1-3H3/t5?,6?,7-/m0/s1. The smallest absolute Gasteiger partial charge is 0.417 e. The van der Waals surface area contributed by atoms with E-state index in [1.54, 1.807) is 13.8 Å². The molecule has 0 radical (unpaired) electrons. The van der Waals surface area contributed by atoms with Gasteiger partial charge in [0.15, 0.2) is 0 Å². The van der Waals surface area contributed by atoms with Crippen LogP contribution in [-0.4, -0.2) is 47.6 Å². The second-order valence-electron chi connectivity index (χ2n) is 3.41. The molecule has 6 heteroatoms. The quantitative estimate of drug-likeness (QED) is 0.728. The molecule has 0 spiro atoms. The zero-order chi connectivity index (χ0) is 11.6. The van der Waals surface area contributed by atoms with Gasteiger partial charge in [0.1, 0.15) is 12.6 Å². The summed E-state index contributed by atoms with van der Waals surface area (Å²) in [6.45, 7) is 3.66. The average molecular weight is 280 g/mol. The molecule has 1 fully saturated rings. The number of alkyl halides is 1. The first-order valence-electron chi connectivity index (χ1n) is 4.65. The lowest BCUT2D eigenvalue weighted by Gasteiger charge is -2.24. The van der Waals surface area contributed by atoms with Gasteiger partial charge in [-0.2, -0.15) is 0 Å². The highest BCUT2D eigenvalue weighted by molar-refractivity contribution is 9.10. The van der Waals surface area contributed by atoms with Gasteiger partial charge in [0.2, 0.25) is 5.91 Å². The Balaban J connectivity index is 2.81. The Morgan fingerprint density at radius 3 is 2.73 bits per heavy atom. The van der Waals surface area contributed by atoms with Gasteiger partial charge in [0.25, 0.3) is 0 Å². The molecule has 1 saturated heterocycles. The first-order valence-corrected chi connectivity index (χ1v) is 5.57. The molecular formula is C9H14BrNO4. The highest BCUT2D eigenvalue weighted by atomic mass is 79.9. The Morgan fingerprint density at radius 1 is 1.67 bits per heavy atom. The van der Waals surface area contributed by atoms with Crippen LogP contribution in [0.2, 0.25) is 0 Å². The van der Waals surface area contributed by atoms with E-state index in [1.807, 2.05) is 0 Å². The van der Waals surface area contributed by atoms with Crippen molar-refractivity contribution in [3.8, 4) is 0 Å². The summed E-state index contributed by atoms with van der Waals surface area (Å²) < 4.78 is 9.94. The number of halogens is 1. The summed E-state index contributed by atoms with van der Waals surface area (Å²) in [6.07, 6.45) is -0.827. The molecule has 2 unspecified atom stereocenters. The molecule has 0 aromatic rings. The maximum absolute atomic E-state index is 11.7. The summed E-state index contributed by atoms with van der Waals surface area (Å²) in [5, 5.41) is 0. The van der Waals surface area contributed by atoms with Crippen molar-refractivity contribution in [3.05, 3.63) is 0 Å². The molecule has 86 valence electrons. The normalized spacial score (nSPS) is 24.9. The van der Waals surface area contributed by atoms with Crippen LogP contribution >= 0.6 is 15.9 Å². The van der Waals surface area contributed by atoms with E-state index in [2.05, 4.69) is 15.9 Å². The topological polar surface area (TPSA) is 55.8 Å². The number of amides is 2. The van der Waals surface area contributed by atoms with E-state index in [0.717, 1.165) is 4.90 Å². The predicted molar refractivity (Wildman–Crippen MR) is 56.8 cm³/mol. The summed E-state index contributed by atoms with van der Waals surface area (Å²) in [7, 11) is 1.54. The van der Waals surface area contributed by atoms with Gasteiger partial charge in [-0.1, -0.05) is 15.9 Å². The maximum Gasteiger partial charge on any atom is 0.417 e. The van der Waals surface area contributed by atoms with Crippen LogP contribution in [0, 0.1) is 0 Å². The summed E-state index contributed by atoms with van der Waals surface area (Å²) in [4.78, 5) is 23.8. The summed E-state index contributed by atoms with van der Waals surface area (Å²) >= 11 is 3.14. The molecule has 0 bridgehead atoms. The van der Waals surface area contributed by atoms with Gasteiger partial charge < -0.3 is 9.47 Å². The molecule has 1 rings (SSSR count). The number of carbonyl (C=O) groups is 2. The van der Waals surface area contributed by atoms with Crippen molar-refractivity contribution >= 4 is 27.9 Å². The van der Waals surface area contributed by atoms with Crippen LogP contribution in [0.4, 0.5) is 4.79 Å². The number of nitrogens with zero attached hydrogens (tertiary/aromatic N) is 1. The van der Waals surface area contributed by atoms with E-state index in [-0.39, 0.29) is 24.7 Å². The lowest BCUT2D eigenvalue weighted by molar-refractivity contribution is -0.129. The zero-order valence-electron chi connectivity index (χ0n) is 8.90. The molecule has 0 aromatic heterocycles. The minimum absolute atomic E-state index is 0.194. The molecule has 15 heavy (non-hydrogen) atoms. The van der Waals surface area contributed by atoms with Crippen LogP contribution < -0.4 is 0 Å². The number of rotatable bonds is 3. The Kier molecular flexibility index (Phi) is 4.10. The number of imide groups is 1. The average Bonchev–Trinajstić information content (AvgIpc) is 2.57.